The monoisotopic (exact) mass is 336 g/mol. The van der Waals surface area contributed by atoms with E-state index >= 15 is 0 Å². The molecule has 2 N–H and O–H groups in total. The van der Waals surface area contributed by atoms with E-state index in [1.165, 1.54) is 0 Å². The minimum absolute atomic E-state index is 0.0724. The molecular weight excluding hydrogens is 319 g/mol. The number of carbonyl (C=O) groups is 1. The first-order valence-electron chi connectivity index (χ1n) is 7.08. The summed E-state index contributed by atoms with van der Waals surface area (Å²) in [7, 11) is 0. The van der Waals surface area contributed by atoms with Crippen LogP contribution in [0.4, 0.5) is 10.5 Å². The fourth-order valence-corrected chi connectivity index (χ4v) is 2.46. The molecule has 22 heavy (non-hydrogen) atoms. The highest BCUT2D eigenvalue weighted by atomic mass is 35.5. The Morgan fingerprint density at radius 3 is 2.36 bits per heavy atom. The minimum Gasteiger partial charge on any atom is -0.331 e. The molecule has 2 aromatic carbocycles. The molecule has 0 saturated carbocycles. The molecule has 0 aliphatic rings. The van der Waals surface area contributed by atoms with E-state index in [2.05, 4.69) is 10.6 Å². The van der Waals surface area contributed by atoms with Crippen molar-refractivity contribution in [2.45, 2.75) is 26.3 Å². The Balaban J connectivity index is 2.06. The molecule has 0 fully saturated rings. The third-order valence-electron chi connectivity index (χ3n) is 3.43. The number of rotatable bonds is 4. The van der Waals surface area contributed by atoms with Crippen LogP contribution in [0.15, 0.2) is 42.5 Å². The summed E-state index contributed by atoms with van der Waals surface area (Å²) < 4.78 is 0. The van der Waals surface area contributed by atoms with Crippen molar-refractivity contribution in [2.24, 2.45) is 0 Å². The van der Waals surface area contributed by atoms with Crippen LogP contribution in [-0.4, -0.2) is 6.03 Å². The van der Waals surface area contributed by atoms with Crippen molar-refractivity contribution in [3.63, 3.8) is 0 Å². The number of benzene rings is 2. The Morgan fingerprint density at radius 2 is 1.73 bits per heavy atom. The van der Waals surface area contributed by atoms with Crippen LogP contribution in [0.3, 0.4) is 0 Å². The van der Waals surface area contributed by atoms with Gasteiger partial charge in [0, 0.05) is 15.7 Å². The lowest BCUT2D eigenvalue weighted by atomic mass is 10.1. The predicted molar refractivity (Wildman–Crippen MR) is 92.8 cm³/mol. The molecule has 0 aromatic heterocycles. The van der Waals surface area contributed by atoms with Gasteiger partial charge in [0.25, 0.3) is 0 Å². The van der Waals surface area contributed by atoms with Crippen LogP contribution in [0.5, 0.6) is 0 Å². The van der Waals surface area contributed by atoms with E-state index in [0.29, 0.717) is 15.7 Å². The quantitative estimate of drug-likeness (QED) is 0.752. The number of aryl methyl sites for hydroxylation is 1. The molecule has 0 heterocycles. The van der Waals surface area contributed by atoms with Gasteiger partial charge in [-0.2, -0.15) is 0 Å². The van der Waals surface area contributed by atoms with Crippen molar-refractivity contribution >= 4 is 34.9 Å². The SMILES string of the molecule is CC[C@H](NC(=O)Nc1cc(Cl)ccc1C)c1ccc(Cl)cc1. The lowest BCUT2D eigenvalue weighted by molar-refractivity contribution is 0.248. The summed E-state index contributed by atoms with van der Waals surface area (Å²) in [5.74, 6) is 0. The Morgan fingerprint density at radius 1 is 1.09 bits per heavy atom. The summed E-state index contributed by atoms with van der Waals surface area (Å²) in [5, 5.41) is 7.06. The number of halogens is 2. The van der Waals surface area contributed by atoms with Gasteiger partial charge in [-0.1, -0.05) is 48.3 Å². The Kier molecular flexibility index (Phi) is 5.69. The zero-order valence-corrected chi connectivity index (χ0v) is 14.0. The molecule has 0 unspecified atom stereocenters. The number of nitrogens with one attached hydrogen (secondary N) is 2. The highest BCUT2D eigenvalue weighted by Gasteiger charge is 2.13. The maximum Gasteiger partial charge on any atom is 0.319 e. The average Bonchev–Trinajstić information content (AvgIpc) is 2.49. The van der Waals surface area contributed by atoms with E-state index in [1.54, 1.807) is 12.1 Å². The van der Waals surface area contributed by atoms with Crippen molar-refractivity contribution in [1.82, 2.24) is 5.32 Å². The van der Waals surface area contributed by atoms with Gasteiger partial charge in [-0.3, -0.25) is 0 Å². The van der Waals surface area contributed by atoms with Crippen LogP contribution in [0.1, 0.15) is 30.5 Å². The lowest BCUT2D eigenvalue weighted by Crippen LogP contribution is -2.32. The van der Waals surface area contributed by atoms with Gasteiger partial charge in [0.2, 0.25) is 0 Å². The molecule has 0 spiro atoms. The third-order valence-corrected chi connectivity index (χ3v) is 3.92. The maximum absolute atomic E-state index is 12.2. The Hall–Kier alpha value is -1.71. The Labute approximate surface area is 140 Å². The summed E-state index contributed by atoms with van der Waals surface area (Å²) in [6.07, 6.45) is 0.781. The second kappa shape index (κ2) is 7.52. The van der Waals surface area contributed by atoms with E-state index < -0.39 is 0 Å². The van der Waals surface area contributed by atoms with Crippen LogP contribution < -0.4 is 10.6 Å². The molecule has 0 aliphatic heterocycles. The molecule has 0 bridgehead atoms. The molecule has 3 nitrogen and oxygen atoms in total. The smallest absolute Gasteiger partial charge is 0.319 e. The molecule has 1 atom stereocenters. The van der Waals surface area contributed by atoms with Crippen LogP contribution >= 0.6 is 23.2 Å². The summed E-state index contributed by atoms with van der Waals surface area (Å²) >= 11 is 11.9. The highest BCUT2D eigenvalue weighted by Crippen LogP contribution is 2.22. The minimum atomic E-state index is -0.257. The third kappa shape index (κ3) is 4.39. The molecule has 5 heteroatoms. The van der Waals surface area contributed by atoms with Crippen molar-refractivity contribution in [2.75, 3.05) is 5.32 Å². The van der Waals surface area contributed by atoms with E-state index in [1.807, 2.05) is 44.2 Å². The Bertz CT molecular complexity index is 656. The number of hydrogen-bond donors (Lipinski definition) is 2. The number of amides is 2. The second-order valence-corrected chi connectivity index (χ2v) is 5.94. The molecule has 2 aromatic rings. The molecule has 2 rings (SSSR count). The van der Waals surface area contributed by atoms with Gasteiger partial charge in [0.15, 0.2) is 0 Å². The molecular formula is C17H18Cl2N2O. The molecule has 0 saturated heterocycles. The summed E-state index contributed by atoms with van der Waals surface area (Å²) in [6, 6.07) is 12.5. The summed E-state index contributed by atoms with van der Waals surface area (Å²) in [6.45, 7) is 3.94. The van der Waals surface area contributed by atoms with Gasteiger partial charge in [0.05, 0.1) is 6.04 Å². The van der Waals surface area contributed by atoms with E-state index in [9.17, 15) is 4.79 Å². The number of carbonyl (C=O) groups excluding carboxylic acids is 1. The molecule has 0 radical (unpaired) electrons. The van der Waals surface area contributed by atoms with Crippen LogP contribution in [0.25, 0.3) is 0 Å². The largest absolute Gasteiger partial charge is 0.331 e. The van der Waals surface area contributed by atoms with Crippen molar-refractivity contribution in [1.29, 1.82) is 0 Å². The fourth-order valence-electron chi connectivity index (χ4n) is 2.16. The average molecular weight is 337 g/mol. The first-order valence-corrected chi connectivity index (χ1v) is 7.84. The van der Waals surface area contributed by atoms with E-state index in [-0.39, 0.29) is 12.1 Å². The maximum atomic E-state index is 12.2. The lowest BCUT2D eigenvalue weighted by Gasteiger charge is -2.18. The summed E-state index contributed by atoms with van der Waals surface area (Å²) in [5.41, 5.74) is 2.68. The van der Waals surface area contributed by atoms with Gasteiger partial charge in [-0.15, -0.1) is 0 Å². The van der Waals surface area contributed by atoms with Crippen molar-refractivity contribution in [3.8, 4) is 0 Å². The number of anilines is 1. The van der Waals surface area contributed by atoms with Gasteiger partial charge in [-0.05, 0) is 48.7 Å². The fraction of sp³-hybridized carbons (Fsp3) is 0.235. The predicted octanol–water partition coefficient (Wildman–Crippen LogP) is 5.57. The zero-order chi connectivity index (χ0) is 16.1. The van der Waals surface area contributed by atoms with E-state index in [4.69, 9.17) is 23.2 Å². The first kappa shape index (κ1) is 16.7. The normalized spacial score (nSPS) is 11.8. The van der Waals surface area contributed by atoms with Crippen LogP contribution in [-0.2, 0) is 0 Å². The standard InChI is InChI=1S/C17H18Cl2N2O/c1-3-15(12-5-8-13(18)9-6-12)20-17(22)21-16-10-14(19)7-4-11(16)2/h4-10,15H,3H2,1-2H3,(H2,20,21,22)/t15-/m0/s1. The zero-order valence-electron chi connectivity index (χ0n) is 12.5. The van der Waals surface area contributed by atoms with E-state index in [0.717, 1.165) is 17.5 Å². The van der Waals surface area contributed by atoms with Gasteiger partial charge < -0.3 is 10.6 Å². The topological polar surface area (TPSA) is 41.1 Å². The first-order chi connectivity index (χ1) is 10.5. The number of urea groups is 1. The summed E-state index contributed by atoms with van der Waals surface area (Å²) in [4.78, 5) is 12.2. The van der Waals surface area contributed by atoms with Crippen LogP contribution in [0.2, 0.25) is 10.0 Å². The van der Waals surface area contributed by atoms with Crippen molar-refractivity contribution in [3.05, 3.63) is 63.6 Å². The second-order valence-electron chi connectivity index (χ2n) is 5.07. The van der Waals surface area contributed by atoms with Crippen molar-refractivity contribution < 1.29 is 4.79 Å². The number of hydrogen-bond acceptors (Lipinski definition) is 1. The molecule has 0 aliphatic carbocycles. The molecule has 2 amide bonds. The van der Waals surface area contributed by atoms with Crippen LogP contribution in [0, 0.1) is 6.92 Å². The van der Waals surface area contributed by atoms with Gasteiger partial charge >= 0.3 is 6.03 Å². The molecule has 116 valence electrons. The highest BCUT2D eigenvalue weighted by molar-refractivity contribution is 6.31. The van der Waals surface area contributed by atoms with Gasteiger partial charge in [0.1, 0.15) is 0 Å². The van der Waals surface area contributed by atoms with Gasteiger partial charge in [-0.25, -0.2) is 4.79 Å².